The van der Waals surface area contributed by atoms with Crippen molar-refractivity contribution in [3.63, 3.8) is 0 Å². The number of pyridine rings is 1. The van der Waals surface area contributed by atoms with Gasteiger partial charge in [0, 0.05) is 45.0 Å². The molecule has 2 fully saturated rings. The van der Waals surface area contributed by atoms with Crippen LogP contribution in [0, 0.1) is 5.82 Å². The highest BCUT2D eigenvalue weighted by molar-refractivity contribution is 5.97. The van der Waals surface area contributed by atoms with Crippen LogP contribution in [0.3, 0.4) is 0 Å². The second kappa shape index (κ2) is 10.2. The molecule has 0 radical (unpaired) electrons. The number of carboxylic acid groups (broad SMARTS) is 1. The number of hydrogen-bond acceptors (Lipinski definition) is 7. The molecule has 1 aromatic carbocycles. The number of ether oxygens (including phenoxy) is 2. The van der Waals surface area contributed by atoms with E-state index in [1.807, 2.05) is 0 Å². The molecule has 0 bridgehead atoms. The Morgan fingerprint density at radius 3 is 2.47 bits per heavy atom. The molecule has 0 spiro atoms. The number of nitrogens with zero attached hydrogens (tertiary/aromatic N) is 3. The summed E-state index contributed by atoms with van der Waals surface area (Å²) in [4.78, 5) is 28.0. The molecule has 2 aliphatic rings. The summed E-state index contributed by atoms with van der Waals surface area (Å²) in [6, 6.07) is 0.737. The minimum Gasteiger partial charge on any atom is -0.477 e. The summed E-state index contributed by atoms with van der Waals surface area (Å²) in [5, 5.41) is 17.9. The van der Waals surface area contributed by atoms with Crippen LogP contribution in [-0.4, -0.2) is 84.8 Å². The fraction of sp³-hybridized carbons (Fsp3) is 0.545. The van der Waals surface area contributed by atoms with Crippen LogP contribution in [-0.2, 0) is 4.74 Å². The highest BCUT2D eigenvalue weighted by Gasteiger charge is 2.33. The number of benzene rings is 1. The van der Waals surface area contributed by atoms with Crippen LogP contribution in [0.2, 0.25) is 0 Å². The summed E-state index contributed by atoms with van der Waals surface area (Å²) in [6.45, 7) is -0.396. The average molecular weight is 485 g/mol. The van der Waals surface area contributed by atoms with Crippen molar-refractivity contribution in [1.82, 2.24) is 9.47 Å². The van der Waals surface area contributed by atoms with Crippen LogP contribution >= 0.6 is 0 Å². The van der Waals surface area contributed by atoms with E-state index in [0.29, 0.717) is 52.2 Å². The lowest BCUT2D eigenvalue weighted by Gasteiger charge is -2.37. The zero-order valence-electron chi connectivity index (χ0n) is 18.4. The number of halogens is 3. The zero-order valence-corrected chi connectivity index (χ0v) is 18.4. The molecular formula is C22H26F3N3O6. The van der Waals surface area contributed by atoms with Crippen molar-refractivity contribution < 1.29 is 37.7 Å². The summed E-state index contributed by atoms with van der Waals surface area (Å²) in [7, 11) is 0. The van der Waals surface area contributed by atoms with Crippen molar-refractivity contribution in [3.05, 3.63) is 33.9 Å². The quantitative estimate of drug-likeness (QED) is 0.492. The smallest absolute Gasteiger partial charge is 0.387 e. The molecule has 0 unspecified atom stereocenters. The number of carboxylic acids is 1. The van der Waals surface area contributed by atoms with Crippen LogP contribution < -0.4 is 15.1 Å². The summed E-state index contributed by atoms with van der Waals surface area (Å²) in [5.74, 6) is -2.85. The van der Waals surface area contributed by atoms with Crippen LogP contribution in [0.1, 0.15) is 29.2 Å². The summed E-state index contributed by atoms with van der Waals surface area (Å²) in [6.07, 6.45) is 2.48. The first kappa shape index (κ1) is 24.3. The standard InChI is InChI=1S/C22H26F3N3O6/c23-16-11-14-17(28(13-1-2-13)12-15(19(14)30)21(31)32)20(34-22(24)25)18(16)27-5-3-26(4-6-27)7-9-33-10-8-29/h11-13,22,29H,1-10H2,(H,31,32). The Morgan fingerprint density at radius 1 is 1.18 bits per heavy atom. The number of aliphatic hydroxyl groups is 1. The number of anilines is 1. The Kier molecular flexibility index (Phi) is 7.29. The zero-order chi connectivity index (χ0) is 24.4. The van der Waals surface area contributed by atoms with E-state index in [4.69, 9.17) is 14.6 Å². The van der Waals surface area contributed by atoms with E-state index in [9.17, 15) is 23.5 Å². The molecule has 12 heteroatoms. The van der Waals surface area contributed by atoms with E-state index < -0.39 is 35.1 Å². The van der Waals surface area contributed by atoms with Gasteiger partial charge in [-0.3, -0.25) is 9.69 Å². The van der Waals surface area contributed by atoms with Gasteiger partial charge in [-0.1, -0.05) is 0 Å². The molecular weight excluding hydrogens is 459 g/mol. The first-order chi connectivity index (χ1) is 16.3. The minimum atomic E-state index is -3.27. The fourth-order valence-corrected chi connectivity index (χ4v) is 4.29. The first-order valence-electron chi connectivity index (χ1n) is 11.1. The molecule has 0 amide bonds. The summed E-state index contributed by atoms with van der Waals surface area (Å²) >= 11 is 0. The molecule has 9 nitrogen and oxygen atoms in total. The second-order valence-electron chi connectivity index (χ2n) is 8.29. The molecule has 0 atom stereocenters. The van der Waals surface area contributed by atoms with Gasteiger partial charge < -0.3 is 29.2 Å². The van der Waals surface area contributed by atoms with Gasteiger partial charge in [0.1, 0.15) is 11.3 Å². The number of carbonyl (C=O) groups is 1. The predicted molar refractivity (Wildman–Crippen MR) is 117 cm³/mol. The van der Waals surface area contributed by atoms with Gasteiger partial charge in [0.25, 0.3) is 0 Å². The van der Waals surface area contributed by atoms with Crippen molar-refractivity contribution in [3.8, 4) is 5.75 Å². The lowest BCUT2D eigenvalue weighted by molar-refractivity contribution is -0.0489. The minimum absolute atomic E-state index is 0.0194. The van der Waals surface area contributed by atoms with Crippen molar-refractivity contribution >= 4 is 22.6 Å². The monoisotopic (exact) mass is 485 g/mol. The SMILES string of the molecule is O=C(O)c1cn(C2CC2)c2c(OC(F)F)c(N3CCN(CCOCCO)CC3)c(F)cc2c1=O. The fourth-order valence-electron chi connectivity index (χ4n) is 4.29. The molecule has 1 saturated carbocycles. The van der Waals surface area contributed by atoms with Gasteiger partial charge in [0.15, 0.2) is 11.6 Å². The molecule has 2 N–H and O–H groups in total. The third-order valence-electron chi connectivity index (χ3n) is 6.05. The van der Waals surface area contributed by atoms with Gasteiger partial charge in [0.2, 0.25) is 5.43 Å². The highest BCUT2D eigenvalue weighted by Crippen LogP contribution is 2.44. The number of fused-ring (bicyclic) bond motifs is 1. The molecule has 4 rings (SSSR count). The molecule has 1 aliphatic heterocycles. The van der Waals surface area contributed by atoms with Gasteiger partial charge in [-0.15, -0.1) is 0 Å². The lowest BCUT2D eigenvalue weighted by Crippen LogP contribution is -2.47. The Hall–Kier alpha value is -2.83. The van der Waals surface area contributed by atoms with E-state index in [1.165, 1.54) is 4.57 Å². The number of aromatic nitrogens is 1. The van der Waals surface area contributed by atoms with Gasteiger partial charge in [-0.2, -0.15) is 8.78 Å². The maximum atomic E-state index is 15.3. The van der Waals surface area contributed by atoms with Crippen LogP contribution in [0.5, 0.6) is 5.75 Å². The maximum absolute atomic E-state index is 15.3. The average Bonchev–Trinajstić information content (AvgIpc) is 3.63. The van der Waals surface area contributed by atoms with Crippen molar-refractivity contribution in [1.29, 1.82) is 0 Å². The maximum Gasteiger partial charge on any atom is 0.387 e. The Morgan fingerprint density at radius 2 is 1.88 bits per heavy atom. The number of alkyl halides is 2. The van der Waals surface area contributed by atoms with Gasteiger partial charge >= 0.3 is 12.6 Å². The highest BCUT2D eigenvalue weighted by atomic mass is 19.3. The number of piperazine rings is 1. The Bertz CT molecular complexity index is 1110. The lowest BCUT2D eigenvalue weighted by atomic mass is 10.1. The molecule has 2 heterocycles. The van der Waals surface area contributed by atoms with E-state index in [2.05, 4.69) is 4.90 Å². The van der Waals surface area contributed by atoms with Gasteiger partial charge in [-0.05, 0) is 18.9 Å². The van der Waals surface area contributed by atoms with Gasteiger partial charge in [-0.25, -0.2) is 9.18 Å². The molecule has 1 aromatic heterocycles. The first-order valence-corrected chi connectivity index (χ1v) is 11.1. The number of aromatic carboxylic acids is 1. The molecule has 1 aliphatic carbocycles. The Labute approximate surface area is 192 Å². The van der Waals surface area contributed by atoms with Crippen molar-refractivity contribution in [2.75, 3.05) is 57.4 Å². The van der Waals surface area contributed by atoms with E-state index in [1.54, 1.807) is 4.90 Å². The predicted octanol–water partition coefficient (Wildman–Crippen LogP) is 1.91. The largest absolute Gasteiger partial charge is 0.477 e. The number of rotatable bonds is 10. The number of aliphatic hydroxyl groups excluding tert-OH is 1. The third-order valence-corrected chi connectivity index (χ3v) is 6.05. The molecule has 1 saturated heterocycles. The van der Waals surface area contributed by atoms with Crippen LogP contribution in [0.4, 0.5) is 18.9 Å². The van der Waals surface area contributed by atoms with Crippen LogP contribution in [0.25, 0.3) is 10.9 Å². The summed E-state index contributed by atoms with van der Waals surface area (Å²) < 4.78 is 53.8. The molecule has 186 valence electrons. The van der Waals surface area contributed by atoms with Gasteiger partial charge in [0.05, 0.1) is 30.7 Å². The Balaban J connectivity index is 1.74. The van der Waals surface area contributed by atoms with Crippen molar-refractivity contribution in [2.24, 2.45) is 0 Å². The van der Waals surface area contributed by atoms with E-state index in [-0.39, 0.29) is 35.8 Å². The normalized spacial score (nSPS) is 17.0. The van der Waals surface area contributed by atoms with E-state index >= 15 is 4.39 Å². The molecule has 2 aromatic rings. The summed E-state index contributed by atoms with van der Waals surface area (Å²) in [5.41, 5.74) is -1.68. The second-order valence-corrected chi connectivity index (χ2v) is 8.29. The third kappa shape index (κ3) is 4.98. The number of hydrogen-bond donors (Lipinski definition) is 2. The molecule has 34 heavy (non-hydrogen) atoms. The van der Waals surface area contributed by atoms with E-state index in [0.717, 1.165) is 12.3 Å². The topological polar surface area (TPSA) is 104 Å². The van der Waals surface area contributed by atoms with Crippen molar-refractivity contribution in [2.45, 2.75) is 25.5 Å². The van der Waals surface area contributed by atoms with Crippen LogP contribution in [0.15, 0.2) is 17.1 Å².